The summed E-state index contributed by atoms with van der Waals surface area (Å²) in [5.41, 5.74) is 1.81. The van der Waals surface area contributed by atoms with Crippen LogP contribution in [-0.2, 0) is 6.54 Å². The summed E-state index contributed by atoms with van der Waals surface area (Å²) in [6.45, 7) is 0.874. The van der Waals surface area contributed by atoms with Crippen molar-refractivity contribution in [2.24, 2.45) is 0 Å². The fourth-order valence-electron chi connectivity index (χ4n) is 3.01. The Bertz CT molecular complexity index is 748. The molecule has 1 heterocycles. The molecule has 0 aliphatic carbocycles. The second-order valence-electron chi connectivity index (χ2n) is 6.17. The highest BCUT2D eigenvalue weighted by Crippen LogP contribution is 2.21. The van der Waals surface area contributed by atoms with Crippen molar-refractivity contribution >= 4 is 23.3 Å². The third kappa shape index (κ3) is 4.18. The fraction of sp³-hybridized carbons (Fsp3) is 0.263. The smallest absolute Gasteiger partial charge is 0.128 e. The van der Waals surface area contributed by atoms with E-state index in [1.165, 1.54) is 0 Å². The predicted octanol–water partition coefficient (Wildman–Crippen LogP) is 2.87. The van der Waals surface area contributed by atoms with Gasteiger partial charge in [-0.3, -0.25) is 10.8 Å². The van der Waals surface area contributed by atoms with Crippen molar-refractivity contribution in [1.82, 2.24) is 10.2 Å². The van der Waals surface area contributed by atoms with Crippen LogP contribution >= 0.6 is 11.6 Å². The molecule has 0 bridgehead atoms. The molecule has 2 aromatic rings. The molecule has 1 aliphatic heterocycles. The lowest BCUT2D eigenvalue weighted by Gasteiger charge is -2.27. The molecule has 0 aromatic heterocycles. The Balaban J connectivity index is 1.67. The van der Waals surface area contributed by atoms with Gasteiger partial charge in [-0.15, -0.1) is 0 Å². The summed E-state index contributed by atoms with van der Waals surface area (Å²) >= 11 is 5.89. The van der Waals surface area contributed by atoms with E-state index in [1.807, 2.05) is 54.6 Å². The maximum Gasteiger partial charge on any atom is 0.128 e. The van der Waals surface area contributed by atoms with Gasteiger partial charge in [-0.05, 0) is 17.7 Å². The molecule has 0 spiro atoms. The molecule has 130 valence electrons. The van der Waals surface area contributed by atoms with E-state index in [2.05, 4.69) is 5.32 Å². The summed E-state index contributed by atoms with van der Waals surface area (Å²) in [7, 11) is 0. The fourth-order valence-corrected chi connectivity index (χ4v) is 3.14. The van der Waals surface area contributed by atoms with E-state index in [1.54, 1.807) is 4.90 Å². The van der Waals surface area contributed by atoms with Crippen LogP contribution < -0.4 is 5.32 Å². The number of aliphatic hydroxyl groups excluding tert-OH is 1. The zero-order chi connectivity index (χ0) is 17.8. The Hall–Kier alpha value is -2.37. The third-order valence-corrected chi connectivity index (χ3v) is 4.59. The van der Waals surface area contributed by atoms with E-state index >= 15 is 0 Å². The first-order chi connectivity index (χ1) is 12.0. The van der Waals surface area contributed by atoms with Crippen molar-refractivity contribution in [2.75, 3.05) is 6.54 Å². The molecule has 1 aliphatic rings. The van der Waals surface area contributed by atoms with E-state index in [-0.39, 0.29) is 6.04 Å². The molecule has 1 saturated heterocycles. The first-order valence-corrected chi connectivity index (χ1v) is 8.58. The average Bonchev–Trinajstić information content (AvgIpc) is 3.03. The minimum atomic E-state index is -0.535. The minimum Gasteiger partial charge on any atom is -0.391 e. The lowest BCUT2D eigenvalue weighted by Crippen LogP contribution is -2.45. The average molecular weight is 357 g/mol. The van der Waals surface area contributed by atoms with Crippen molar-refractivity contribution in [3.05, 3.63) is 70.7 Å². The second-order valence-corrected chi connectivity index (χ2v) is 6.60. The summed E-state index contributed by atoms with van der Waals surface area (Å²) in [4.78, 5) is 1.79. The number of halogens is 1. The van der Waals surface area contributed by atoms with Crippen molar-refractivity contribution in [3.63, 3.8) is 0 Å². The minimum absolute atomic E-state index is 0.312. The lowest BCUT2D eigenvalue weighted by molar-refractivity contribution is 0.188. The van der Waals surface area contributed by atoms with Crippen molar-refractivity contribution in [1.29, 1.82) is 10.8 Å². The Kier molecular flexibility index (Phi) is 5.36. The Morgan fingerprint density at radius 3 is 2.48 bits per heavy atom. The third-order valence-electron chi connectivity index (χ3n) is 4.34. The van der Waals surface area contributed by atoms with Gasteiger partial charge in [0.25, 0.3) is 0 Å². The van der Waals surface area contributed by atoms with E-state index in [0.29, 0.717) is 36.2 Å². The van der Waals surface area contributed by atoms with Gasteiger partial charge < -0.3 is 15.3 Å². The highest BCUT2D eigenvalue weighted by Gasteiger charge is 2.35. The molecule has 1 fully saturated rings. The molecular formula is C19H21ClN4O. The first kappa shape index (κ1) is 17.5. The van der Waals surface area contributed by atoms with Crippen molar-refractivity contribution in [3.8, 4) is 0 Å². The van der Waals surface area contributed by atoms with Gasteiger partial charge in [0.05, 0.1) is 12.1 Å². The molecule has 5 nitrogen and oxygen atoms in total. The number of benzene rings is 2. The molecule has 3 rings (SSSR count). The normalized spacial score (nSPS) is 19.7. The number of hydrogen-bond donors (Lipinski definition) is 4. The van der Waals surface area contributed by atoms with Crippen LogP contribution in [0.1, 0.15) is 17.5 Å². The summed E-state index contributed by atoms with van der Waals surface area (Å²) in [5.74, 6) is 0.646. The molecule has 0 radical (unpaired) electrons. The summed E-state index contributed by atoms with van der Waals surface area (Å²) in [6, 6.07) is 16.6. The largest absolute Gasteiger partial charge is 0.391 e. The van der Waals surface area contributed by atoms with Crippen LogP contribution in [0.2, 0.25) is 5.02 Å². The van der Waals surface area contributed by atoms with Gasteiger partial charge in [-0.25, -0.2) is 0 Å². The highest BCUT2D eigenvalue weighted by molar-refractivity contribution is 6.30. The molecule has 0 unspecified atom stereocenters. The van der Waals surface area contributed by atoms with Gasteiger partial charge in [0, 0.05) is 30.1 Å². The van der Waals surface area contributed by atoms with Gasteiger partial charge in [0.2, 0.25) is 0 Å². The van der Waals surface area contributed by atoms with Crippen molar-refractivity contribution < 1.29 is 5.11 Å². The molecule has 4 N–H and O–H groups in total. The van der Waals surface area contributed by atoms with Gasteiger partial charge in [0.15, 0.2) is 0 Å². The number of β-amino-alcohol motifs (C(OH)–C–C–N with tert-alkyl or cyclic N) is 1. The Morgan fingerprint density at radius 2 is 1.80 bits per heavy atom. The predicted molar refractivity (Wildman–Crippen MR) is 100 cm³/mol. The number of rotatable bonds is 4. The summed E-state index contributed by atoms with van der Waals surface area (Å²) in [6.07, 6.45) is -0.0893. The maximum atomic E-state index is 10.1. The van der Waals surface area contributed by atoms with Gasteiger partial charge in [-0.1, -0.05) is 54.1 Å². The van der Waals surface area contributed by atoms with Crippen LogP contribution in [0.4, 0.5) is 0 Å². The number of nitrogens with zero attached hydrogens (tertiary/aromatic N) is 1. The van der Waals surface area contributed by atoms with E-state index < -0.39 is 6.10 Å². The number of hydrogen-bond acceptors (Lipinski definition) is 3. The molecule has 2 atom stereocenters. The van der Waals surface area contributed by atoms with Gasteiger partial charge >= 0.3 is 0 Å². The summed E-state index contributed by atoms with van der Waals surface area (Å²) < 4.78 is 0. The zero-order valence-corrected chi connectivity index (χ0v) is 14.5. The monoisotopic (exact) mass is 356 g/mol. The Labute approximate surface area is 152 Å². The second kappa shape index (κ2) is 7.68. The van der Waals surface area contributed by atoms with E-state index in [9.17, 15) is 5.11 Å². The topological polar surface area (TPSA) is 83.2 Å². The van der Waals surface area contributed by atoms with Gasteiger partial charge in [0.1, 0.15) is 11.7 Å². The Morgan fingerprint density at radius 1 is 1.12 bits per heavy atom. The molecule has 0 saturated carbocycles. The molecule has 6 heteroatoms. The number of nitrogens with one attached hydrogen (secondary N) is 3. The molecule has 2 aromatic carbocycles. The van der Waals surface area contributed by atoms with Crippen LogP contribution in [-0.4, -0.2) is 40.4 Å². The number of likely N-dealkylation sites (tertiary alicyclic amines) is 1. The standard InChI is InChI=1S/C19H21ClN4O/c20-15-8-6-13(7-9-15)11-23-18(21)17-10-16(25)12-24(17)19(22)14-4-2-1-3-5-14/h1-9,16-17,22,25H,10-12H2,(H2,21,23)/t16-,17+/m1/s1. The highest BCUT2D eigenvalue weighted by atomic mass is 35.5. The maximum absolute atomic E-state index is 10.1. The summed E-state index contributed by atoms with van der Waals surface area (Å²) in [5, 5.41) is 30.6. The van der Waals surface area contributed by atoms with Crippen LogP contribution in [0.25, 0.3) is 0 Å². The molecule has 0 amide bonds. The van der Waals surface area contributed by atoms with Gasteiger partial charge in [-0.2, -0.15) is 0 Å². The van der Waals surface area contributed by atoms with Crippen LogP contribution in [0.3, 0.4) is 0 Å². The van der Waals surface area contributed by atoms with E-state index in [0.717, 1.165) is 11.1 Å². The van der Waals surface area contributed by atoms with Crippen LogP contribution in [0.5, 0.6) is 0 Å². The molecular weight excluding hydrogens is 336 g/mol. The van der Waals surface area contributed by atoms with E-state index in [4.69, 9.17) is 22.4 Å². The first-order valence-electron chi connectivity index (χ1n) is 8.20. The lowest BCUT2D eigenvalue weighted by atomic mass is 10.1. The number of amidine groups is 2. The number of aliphatic hydroxyl groups is 1. The van der Waals surface area contributed by atoms with Crippen LogP contribution in [0, 0.1) is 10.8 Å². The zero-order valence-electron chi connectivity index (χ0n) is 13.7. The quantitative estimate of drug-likeness (QED) is 0.502. The molecule has 25 heavy (non-hydrogen) atoms. The van der Waals surface area contributed by atoms with Crippen molar-refractivity contribution in [2.45, 2.75) is 25.1 Å². The SMILES string of the molecule is N=C(NCc1ccc(Cl)cc1)[C@@H]1C[C@@H](O)CN1C(=N)c1ccccc1. The van der Waals surface area contributed by atoms with Crippen LogP contribution in [0.15, 0.2) is 54.6 Å².